The molecule has 6 nitrogen and oxygen atoms in total. The van der Waals surface area contributed by atoms with Crippen LogP contribution in [0.25, 0.3) is 10.8 Å². The summed E-state index contributed by atoms with van der Waals surface area (Å²) < 4.78 is 6.89. The van der Waals surface area contributed by atoms with E-state index < -0.39 is 0 Å². The number of nitrogens with zero attached hydrogens (tertiary/aromatic N) is 2. The average molecular weight is 379 g/mol. The Labute approximate surface area is 164 Å². The molecule has 0 bridgehead atoms. The first-order valence-corrected chi connectivity index (χ1v) is 9.13. The van der Waals surface area contributed by atoms with Gasteiger partial charge in [0.2, 0.25) is 0 Å². The quantitative estimate of drug-likeness (QED) is 0.715. The van der Waals surface area contributed by atoms with Crippen molar-refractivity contribution in [1.82, 2.24) is 9.47 Å². The van der Waals surface area contributed by atoms with Crippen molar-refractivity contribution in [3.8, 4) is 5.75 Å². The van der Waals surface area contributed by atoms with Gasteiger partial charge in [-0.25, -0.2) is 0 Å². The summed E-state index contributed by atoms with van der Waals surface area (Å²) in [5.74, 6) is 0.488. The lowest BCUT2D eigenvalue weighted by molar-refractivity contribution is 0.102. The van der Waals surface area contributed by atoms with E-state index >= 15 is 0 Å². The van der Waals surface area contributed by atoms with E-state index in [1.54, 1.807) is 42.1 Å². The van der Waals surface area contributed by atoms with Crippen molar-refractivity contribution < 1.29 is 9.53 Å². The van der Waals surface area contributed by atoms with Crippen LogP contribution in [0, 0.1) is 6.92 Å². The smallest absolute Gasteiger partial charge is 0.258 e. The number of hydrogen-bond acceptors (Lipinski definition) is 4. The van der Waals surface area contributed by atoms with E-state index in [0.717, 1.165) is 17.5 Å². The monoisotopic (exact) mass is 379 g/mol. The van der Waals surface area contributed by atoms with Gasteiger partial charge in [0.1, 0.15) is 5.75 Å². The summed E-state index contributed by atoms with van der Waals surface area (Å²) in [7, 11) is 5.54. The number of pyridine rings is 1. The molecular formula is C22H25N3O3. The molecule has 0 spiro atoms. The molecule has 0 radical (unpaired) electrons. The summed E-state index contributed by atoms with van der Waals surface area (Å²) in [5, 5.41) is 4.26. The van der Waals surface area contributed by atoms with Crippen LogP contribution >= 0.6 is 0 Å². The third-order valence-electron chi connectivity index (χ3n) is 4.73. The van der Waals surface area contributed by atoms with Gasteiger partial charge in [-0.1, -0.05) is 6.07 Å². The summed E-state index contributed by atoms with van der Waals surface area (Å²) in [6.45, 7) is 3.26. The highest BCUT2D eigenvalue weighted by molar-refractivity contribution is 6.09. The number of nitrogens with one attached hydrogen (secondary N) is 1. The molecule has 28 heavy (non-hydrogen) atoms. The van der Waals surface area contributed by atoms with E-state index in [1.807, 2.05) is 44.1 Å². The number of methoxy groups -OCH3 is 1. The van der Waals surface area contributed by atoms with Crippen molar-refractivity contribution in [2.45, 2.75) is 13.5 Å². The number of fused-ring (bicyclic) bond motifs is 1. The summed E-state index contributed by atoms with van der Waals surface area (Å²) in [4.78, 5) is 27.6. The number of carbonyl (C=O) groups excluding carboxylic acids is 1. The van der Waals surface area contributed by atoms with E-state index in [1.165, 1.54) is 0 Å². The maximum Gasteiger partial charge on any atom is 0.258 e. The fourth-order valence-corrected chi connectivity index (χ4v) is 3.12. The maximum atomic E-state index is 12.8. The van der Waals surface area contributed by atoms with Gasteiger partial charge in [0.25, 0.3) is 11.5 Å². The van der Waals surface area contributed by atoms with Crippen LogP contribution in [0.4, 0.5) is 5.69 Å². The number of hydrogen-bond donors (Lipinski definition) is 1. The fraction of sp³-hybridized carbons (Fsp3) is 0.273. The number of rotatable bonds is 6. The maximum absolute atomic E-state index is 12.8. The first kappa shape index (κ1) is 19.6. The normalized spacial score (nSPS) is 11.0. The molecule has 0 fully saturated rings. The van der Waals surface area contributed by atoms with Gasteiger partial charge in [0.05, 0.1) is 7.11 Å². The Morgan fingerprint density at radius 1 is 1.14 bits per heavy atom. The van der Waals surface area contributed by atoms with Gasteiger partial charge >= 0.3 is 0 Å². The summed E-state index contributed by atoms with van der Waals surface area (Å²) in [6.07, 6.45) is 1.78. The lowest BCUT2D eigenvalue weighted by Gasteiger charge is -2.14. The molecule has 0 atom stereocenters. The molecule has 0 unspecified atom stereocenters. The molecule has 6 heteroatoms. The summed E-state index contributed by atoms with van der Waals surface area (Å²) >= 11 is 0. The van der Waals surface area contributed by atoms with Crippen LogP contribution in [-0.4, -0.2) is 43.1 Å². The van der Waals surface area contributed by atoms with Gasteiger partial charge in [-0.3, -0.25) is 9.59 Å². The van der Waals surface area contributed by atoms with Crippen molar-refractivity contribution >= 4 is 22.4 Å². The van der Waals surface area contributed by atoms with Crippen LogP contribution in [-0.2, 0) is 6.54 Å². The van der Waals surface area contributed by atoms with E-state index in [9.17, 15) is 9.59 Å². The second-order valence-electron chi connectivity index (χ2n) is 7.02. The molecule has 0 saturated carbocycles. The zero-order valence-corrected chi connectivity index (χ0v) is 16.7. The number of likely N-dealkylation sites (N-methyl/N-ethyl adjacent to an activating group) is 1. The molecule has 1 N–H and O–H groups in total. The highest BCUT2D eigenvalue weighted by Gasteiger charge is 2.13. The molecule has 0 aliphatic rings. The van der Waals surface area contributed by atoms with E-state index in [2.05, 4.69) is 5.32 Å². The van der Waals surface area contributed by atoms with Gasteiger partial charge in [-0.15, -0.1) is 0 Å². The van der Waals surface area contributed by atoms with Crippen molar-refractivity contribution in [1.29, 1.82) is 0 Å². The Hall–Kier alpha value is -3.12. The minimum Gasteiger partial charge on any atom is -0.497 e. The lowest BCUT2D eigenvalue weighted by Crippen LogP contribution is -2.26. The lowest BCUT2D eigenvalue weighted by atomic mass is 10.1. The van der Waals surface area contributed by atoms with Crippen LogP contribution in [0.5, 0.6) is 5.75 Å². The van der Waals surface area contributed by atoms with Gasteiger partial charge in [-0.2, -0.15) is 0 Å². The van der Waals surface area contributed by atoms with Crippen molar-refractivity contribution in [3.63, 3.8) is 0 Å². The second kappa shape index (κ2) is 8.27. The topological polar surface area (TPSA) is 63.6 Å². The van der Waals surface area contributed by atoms with Crippen LogP contribution < -0.4 is 15.6 Å². The standard InChI is InChI=1S/C22H25N3O3/c1-15-14-16(28-4)8-9-17(15)21(26)23-20-7-5-6-19-18(20)10-11-25(22(19)27)13-12-24(2)3/h5-11,14H,12-13H2,1-4H3,(H,23,26). The highest BCUT2D eigenvalue weighted by atomic mass is 16.5. The molecule has 0 aliphatic heterocycles. The summed E-state index contributed by atoms with van der Waals surface area (Å²) in [5.41, 5.74) is 1.95. The molecular weight excluding hydrogens is 354 g/mol. The molecule has 1 aromatic heterocycles. The van der Waals surface area contributed by atoms with Crippen LogP contribution in [0.3, 0.4) is 0 Å². The van der Waals surface area contributed by atoms with Crippen molar-refractivity contribution in [2.75, 3.05) is 33.1 Å². The zero-order valence-electron chi connectivity index (χ0n) is 16.7. The number of ether oxygens (including phenoxy) is 1. The summed E-state index contributed by atoms with van der Waals surface area (Å²) in [6, 6.07) is 12.6. The molecule has 1 amide bonds. The number of aromatic nitrogens is 1. The zero-order chi connectivity index (χ0) is 20.3. The molecule has 0 saturated heterocycles. The van der Waals surface area contributed by atoms with Crippen LogP contribution in [0.2, 0.25) is 0 Å². The average Bonchev–Trinajstić information content (AvgIpc) is 2.67. The van der Waals surface area contributed by atoms with E-state index in [4.69, 9.17) is 4.74 Å². The minimum atomic E-state index is -0.218. The number of amides is 1. The first-order valence-electron chi connectivity index (χ1n) is 9.13. The Balaban J connectivity index is 1.92. The number of benzene rings is 2. The van der Waals surface area contributed by atoms with Crippen molar-refractivity contribution in [3.05, 3.63) is 70.1 Å². The molecule has 3 rings (SSSR count). The van der Waals surface area contributed by atoms with Crippen LogP contribution in [0.15, 0.2) is 53.5 Å². The van der Waals surface area contributed by atoms with E-state index in [-0.39, 0.29) is 11.5 Å². The number of anilines is 1. The van der Waals surface area contributed by atoms with Gasteiger partial charge in [0, 0.05) is 41.3 Å². The Kier molecular flexibility index (Phi) is 5.80. The SMILES string of the molecule is COc1ccc(C(=O)Nc2cccc3c(=O)n(CCN(C)C)ccc23)c(C)c1. The third kappa shape index (κ3) is 4.07. The molecule has 3 aromatic rings. The van der Waals surface area contributed by atoms with Crippen molar-refractivity contribution in [2.24, 2.45) is 0 Å². The largest absolute Gasteiger partial charge is 0.497 e. The van der Waals surface area contributed by atoms with Gasteiger partial charge < -0.3 is 19.5 Å². The second-order valence-corrected chi connectivity index (χ2v) is 7.02. The van der Waals surface area contributed by atoms with Gasteiger partial charge in [0.15, 0.2) is 0 Å². The highest BCUT2D eigenvalue weighted by Crippen LogP contribution is 2.23. The van der Waals surface area contributed by atoms with Crippen LogP contribution in [0.1, 0.15) is 15.9 Å². The fourth-order valence-electron chi connectivity index (χ4n) is 3.12. The predicted octanol–water partition coefficient (Wildman–Crippen LogP) is 3.13. The molecule has 146 valence electrons. The predicted molar refractivity (Wildman–Crippen MR) is 112 cm³/mol. The first-order chi connectivity index (χ1) is 13.4. The third-order valence-corrected chi connectivity index (χ3v) is 4.73. The van der Waals surface area contributed by atoms with E-state index in [0.29, 0.717) is 28.9 Å². The molecule has 0 aliphatic carbocycles. The molecule has 2 aromatic carbocycles. The Bertz CT molecular complexity index is 1070. The van der Waals surface area contributed by atoms with Gasteiger partial charge in [-0.05, 0) is 63.0 Å². The molecule has 1 heterocycles. The Morgan fingerprint density at radius 3 is 2.61 bits per heavy atom. The Morgan fingerprint density at radius 2 is 1.93 bits per heavy atom. The minimum absolute atomic E-state index is 0.0592. The number of carbonyl (C=O) groups is 1. The number of aryl methyl sites for hydroxylation is 1.